The molecule has 104 valence electrons. The summed E-state index contributed by atoms with van der Waals surface area (Å²) >= 11 is 0. The lowest BCUT2D eigenvalue weighted by Gasteiger charge is -2.39. The van der Waals surface area contributed by atoms with E-state index >= 15 is 0 Å². The van der Waals surface area contributed by atoms with Crippen molar-refractivity contribution in [3.8, 4) is 0 Å². The molecule has 2 atom stereocenters. The van der Waals surface area contributed by atoms with Gasteiger partial charge in [-0.2, -0.15) is 0 Å². The first-order valence-corrected chi connectivity index (χ1v) is 6.92. The van der Waals surface area contributed by atoms with Crippen molar-refractivity contribution in [1.82, 2.24) is 5.32 Å². The first kappa shape index (κ1) is 13.9. The van der Waals surface area contributed by atoms with Crippen LogP contribution in [-0.2, 0) is 11.2 Å². The van der Waals surface area contributed by atoms with Gasteiger partial charge in [0.2, 0.25) is 5.91 Å². The quantitative estimate of drug-likeness (QED) is 0.860. The number of benzene rings is 1. The smallest absolute Gasteiger partial charge is 0.243 e. The van der Waals surface area contributed by atoms with Gasteiger partial charge in [-0.1, -0.05) is 19.1 Å². The minimum atomic E-state index is -0.270. The van der Waals surface area contributed by atoms with Crippen LogP contribution < -0.4 is 10.2 Å². The highest BCUT2D eigenvalue weighted by atomic mass is 16.3. The molecule has 1 fully saturated rings. The van der Waals surface area contributed by atoms with E-state index in [1.165, 1.54) is 5.56 Å². The Kier molecular flexibility index (Phi) is 4.43. The predicted octanol–water partition coefficient (Wildman–Crippen LogP) is 1.32. The fraction of sp³-hybridized carbons (Fsp3) is 0.533. The lowest BCUT2D eigenvalue weighted by Crippen LogP contribution is -2.59. The normalized spacial score (nSPS) is 23.3. The Hall–Kier alpha value is -1.55. The van der Waals surface area contributed by atoms with Crippen LogP contribution in [0.4, 0.5) is 5.69 Å². The predicted molar refractivity (Wildman–Crippen MR) is 76.3 cm³/mol. The Labute approximate surface area is 114 Å². The highest BCUT2D eigenvalue weighted by Crippen LogP contribution is 2.22. The first-order valence-electron chi connectivity index (χ1n) is 6.92. The molecule has 1 aromatic carbocycles. The van der Waals surface area contributed by atoms with Gasteiger partial charge in [0.1, 0.15) is 6.04 Å². The van der Waals surface area contributed by atoms with Crippen LogP contribution in [0, 0.1) is 0 Å². The maximum atomic E-state index is 12.0. The van der Waals surface area contributed by atoms with Gasteiger partial charge in [0.15, 0.2) is 0 Å². The van der Waals surface area contributed by atoms with E-state index in [0.717, 1.165) is 18.7 Å². The number of rotatable bonds is 4. The molecular formula is C15H22N2O2. The van der Waals surface area contributed by atoms with Crippen molar-refractivity contribution in [2.75, 3.05) is 18.1 Å². The summed E-state index contributed by atoms with van der Waals surface area (Å²) in [6, 6.07) is 8.19. The number of hydrogen-bond donors (Lipinski definition) is 2. The molecule has 0 aliphatic carbocycles. The second-order valence-corrected chi connectivity index (χ2v) is 5.11. The zero-order chi connectivity index (χ0) is 13.8. The highest BCUT2D eigenvalue weighted by molar-refractivity contribution is 5.87. The molecule has 19 heavy (non-hydrogen) atoms. The van der Waals surface area contributed by atoms with Gasteiger partial charge in [0.05, 0.1) is 0 Å². The summed E-state index contributed by atoms with van der Waals surface area (Å²) in [4.78, 5) is 14.1. The monoisotopic (exact) mass is 262 g/mol. The Morgan fingerprint density at radius 3 is 2.63 bits per heavy atom. The Morgan fingerprint density at radius 1 is 1.37 bits per heavy atom. The maximum absolute atomic E-state index is 12.0. The van der Waals surface area contributed by atoms with Crippen LogP contribution in [-0.4, -0.2) is 36.2 Å². The van der Waals surface area contributed by atoms with E-state index in [2.05, 4.69) is 41.4 Å². The third kappa shape index (κ3) is 3.07. The van der Waals surface area contributed by atoms with E-state index in [4.69, 9.17) is 5.11 Å². The number of hydrogen-bond acceptors (Lipinski definition) is 3. The van der Waals surface area contributed by atoms with Crippen LogP contribution in [0.1, 0.15) is 25.8 Å². The SMILES string of the molecule is CCc1ccc(N2CC(C)NC(=O)C2CCO)cc1. The second-order valence-electron chi connectivity index (χ2n) is 5.11. The molecule has 0 saturated carbocycles. The van der Waals surface area contributed by atoms with Gasteiger partial charge >= 0.3 is 0 Å². The van der Waals surface area contributed by atoms with Crippen LogP contribution in [0.5, 0.6) is 0 Å². The van der Waals surface area contributed by atoms with Gasteiger partial charge in [0, 0.05) is 24.9 Å². The molecule has 1 aliphatic rings. The fourth-order valence-electron chi connectivity index (χ4n) is 2.57. The number of carbonyl (C=O) groups is 1. The third-order valence-electron chi connectivity index (χ3n) is 3.62. The molecule has 0 spiro atoms. The molecule has 1 aromatic rings. The van der Waals surface area contributed by atoms with Gasteiger partial charge in [-0.05, 0) is 37.5 Å². The molecule has 2 rings (SSSR count). The second kappa shape index (κ2) is 6.06. The molecule has 2 N–H and O–H groups in total. The summed E-state index contributed by atoms with van der Waals surface area (Å²) in [6.45, 7) is 4.93. The summed E-state index contributed by atoms with van der Waals surface area (Å²) in [6.07, 6.45) is 1.48. The number of piperazine rings is 1. The van der Waals surface area contributed by atoms with Crippen molar-refractivity contribution in [3.63, 3.8) is 0 Å². The summed E-state index contributed by atoms with van der Waals surface area (Å²) in [5, 5.41) is 12.1. The molecule has 0 aromatic heterocycles. The van der Waals surface area contributed by atoms with Crippen molar-refractivity contribution in [1.29, 1.82) is 0 Å². The van der Waals surface area contributed by atoms with Crippen molar-refractivity contribution in [2.24, 2.45) is 0 Å². The number of nitrogens with one attached hydrogen (secondary N) is 1. The van der Waals surface area contributed by atoms with E-state index in [0.29, 0.717) is 6.42 Å². The van der Waals surface area contributed by atoms with E-state index < -0.39 is 0 Å². The van der Waals surface area contributed by atoms with Crippen LogP contribution in [0.25, 0.3) is 0 Å². The largest absolute Gasteiger partial charge is 0.396 e. The zero-order valence-electron chi connectivity index (χ0n) is 11.6. The molecule has 0 bridgehead atoms. The van der Waals surface area contributed by atoms with Gasteiger partial charge in [0.25, 0.3) is 0 Å². The lowest BCUT2D eigenvalue weighted by molar-refractivity contribution is -0.124. The van der Waals surface area contributed by atoms with E-state index in [-0.39, 0.29) is 24.6 Å². The van der Waals surface area contributed by atoms with E-state index in [1.807, 2.05) is 6.92 Å². The summed E-state index contributed by atoms with van der Waals surface area (Å²) in [7, 11) is 0. The van der Waals surface area contributed by atoms with Gasteiger partial charge in [-0.3, -0.25) is 4.79 Å². The first-order chi connectivity index (χ1) is 9.15. The lowest BCUT2D eigenvalue weighted by atomic mass is 10.0. The summed E-state index contributed by atoms with van der Waals surface area (Å²) < 4.78 is 0. The highest BCUT2D eigenvalue weighted by Gasteiger charge is 2.32. The van der Waals surface area contributed by atoms with E-state index in [1.54, 1.807) is 0 Å². The molecule has 1 heterocycles. The summed E-state index contributed by atoms with van der Waals surface area (Å²) in [5.74, 6) is 0.00682. The number of anilines is 1. The van der Waals surface area contributed by atoms with Gasteiger partial charge in [-0.15, -0.1) is 0 Å². The molecular weight excluding hydrogens is 240 g/mol. The number of nitrogens with zero attached hydrogens (tertiary/aromatic N) is 1. The number of aliphatic hydroxyl groups excluding tert-OH is 1. The Balaban J connectivity index is 2.23. The van der Waals surface area contributed by atoms with Crippen LogP contribution in [0.3, 0.4) is 0 Å². The zero-order valence-corrected chi connectivity index (χ0v) is 11.6. The van der Waals surface area contributed by atoms with Crippen molar-refractivity contribution in [3.05, 3.63) is 29.8 Å². The van der Waals surface area contributed by atoms with Crippen LogP contribution >= 0.6 is 0 Å². The van der Waals surface area contributed by atoms with Crippen molar-refractivity contribution in [2.45, 2.75) is 38.8 Å². The summed E-state index contributed by atoms with van der Waals surface area (Å²) in [5.41, 5.74) is 2.34. The number of amides is 1. The number of carbonyl (C=O) groups excluding carboxylic acids is 1. The van der Waals surface area contributed by atoms with Crippen molar-refractivity contribution < 1.29 is 9.90 Å². The minimum absolute atomic E-state index is 0.00682. The fourth-order valence-corrected chi connectivity index (χ4v) is 2.57. The molecule has 1 amide bonds. The van der Waals surface area contributed by atoms with Gasteiger partial charge < -0.3 is 15.3 Å². The van der Waals surface area contributed by atoms with Crippen LogP contribution in [0.2, 0.25) is 0 Å². The third-order valence-corrected chi connectivity index (χ3v) is 3.62. The Morgan fingerprint density at radius 2 is 2.05 bits per heavy atom. The number of aliphatic hydroxyl groups is 1. The Bertz CT molecular complexity index is 430. The average molecular weight is 262 g/mol. The molecule has 4 heteroatoms. The maximum Gasteiger partial charge on any atom is 0.243 e. The number of aryl methyl sites for hydroxylation is 1. The van der Waals surface area contributed by atoms with Crippen LogP contribution in [0.15, 0.2) is 24.3 Å². The minimum Gasteiger partial charge on any atom is -0.396 e. The van der Waals surface area contributed by atoms with Crippen molar-refractivity contribution >= 4 is 11.6 Å². The molecule has 0 radical (unpaired) electrons. The van der Waals surface area contributed by atoms with Gasteiger partial charge in [-0.25, -0.2) is 0 Å². The van der Waals surface area contributed by atoms with E-state index in [9.17, 15) is 4.79 Å². The topological polar surface area (TPSA) is 52.6 Å². The molecule has 1 saturated heterocycles. The molecule has 4 nitrogen and oxygen atoms in total. The molecule has 1 aliphatic heterocycles. The molecule has 2 unspecified atom stereocenters. The standard InChI is InChI=1S/C15H22N2O2/c1-3-12-4-6-13(7-5-12)17-10-11(2)16-15(19)14(17)8-9-18/h4-7,11,14,18H,3,8-10H2,1-2H3,(H,16,19). The average Bonchev–Trinajstić information content (AvgIpc) is 2.42.